The largest absolute Gasteiger partial charge is 0.480 e. The summed E-state index contributed by atoms with van der Waals surface area (Å²) in [7, 11) is 0. The van der Waals surface area contributed by atoms with Crippen LogP contribution in [0, 0.1) is 31.6 Å². The minimum atomic E-state index is -1.47. The molecule has 2 aliphatic heterocycles. The van der Waals surface area contributed by atoms with Crippen molar-refractivity contribution < 1.29 is 19.5 Å². The second kappa shape index (κ2) is 8.66. The second-order valence-corrected chi connectivity index (χ2v) is 10.3. The van der Waals surface area contributed by atoms with Crippen LogP contribution in [0.3, 0.4) is 0 Å². The Kier molecular flexibility index (Phi) is 5.80. The maximum Gasteiger partial charge on any atom is 0.324 e. The molecule has 2 aromatic rings. The first-order chi connectivity index (χ1) is 16.3. The fourth-order valence-electron chi connectivity index (χ4n) is 6.58. The molecular formula is C28H32N2O4. The lowest BCUT2D eigenvalue weighted by molar-refractivity contribution is -0.150. The number of hydrogen-bond acceptors (Lipinski definition) is 4. The quantitative estimate of drug-likeness (QED) is 0.640. The Labute approximate surface area is 200 Å². The number of carboxylic acid groups (broad SMARTS) is 1. The molecular weight excluding hydrogens is 428 g/mol. The first-order valence-corrected chi connectivity index (χ1v) is 12.3. The van der Waals surface area contributed by atoms with Gasteiger partial charge in [0.05, 0.1) is 17.5 Å². The summed E-state index contributed by atoms with van der Waals surface area (Å²) in [6, 6.07) is 14.5. The molecule has 0 bridgehead atoms. The predicted octanol–water partition coefficient (Wildman–Crippen LogP) is 4.55. The third-order valence-electron chi connectivity index (χ3n) is 8.25. The lowest BCUT2D eigenvalue weighted by Crippen LogP contribution is -2.57. The summed E-state index contributed by atoms with van der Waals surface area (Å²) < 4.78 is 0. The van der Waals surface area contributed by atoms with E-state index in [0.717, 1.165) is 42.4 Å². The number of carbonyl (C=O) groups excluding carboxylic acids is 2. The first-order valence-electron chi connectivity index (χ1n) is 12.3. The van der Waals surface area contributed by atoms with Crippen molar-refractivity contribution in [3.63, 3.8) is 0 Å². The van der Waals surface area contributed by atoms with E-state index in [-0.39, 0.29) is 11.8 Å². The van der Waals surface area contributed by atoms with Crippen molar-refractivity contribution in [2.75, 3.05) is 4.90 Å². The SMILES string of the molecule is Cc1ccccc1C1NC(CC2CCCCC2)(C(=O)O)C2C(=O)N(c3ccccc3C)C(=O)C12. The zero-order valence-corrected chi connectivity index (χ0v) is 19.8. The molecule has 34 heavy (non-hydrogen) atoms. The maximum atomic E-state index is 14.0. The van der Waals surface area contributed by atoms with Crippen LogP contribution in [-0.4, -0.2) is 28.4 Å². The Morgan fingerprint density at radius 1 is 0.971 bits per heavy atom. The Balaban J connectivity index is 1.64. The standard InChI is InChI=1S/C28H32N2O4/c1-17-10-6-8-14-20(17)24-22-23(26(32)30(25(22)31)21-15-9-7-11-18(21)2)28(29-24,27(33)34)16-19-12-4-3-5-13-19/h6-11,14-15,19,22-24,29H,3-5,12-13,16H2,1-2H3,(H,33,34). The van der Waals surface area contributed by atoms with Crippen molar-refractivity contribution in [2.45, 2.75) is 64.0 Å². The maximum absolute atomic E-state index is 14.0. The number of nitrogens with zero attached hydrogens (tertiary/aromatic N) is 1. The summed E-state index contributed by atoms with van der Waals surface area (Å²) in [5.41, 5.74) is 1.76. The minimum absolute atomic E-state index is 0.226. The molecule has 1 aliphatic carbocycles. The van der Waals surface area contributed by atoms with Crippen LogP contribution < -0.4 is 10.2 Å². The summed E-state index contributed by atoms with van der Waals surface area (Å²) in [4.78, 5) is 42.2. The molecule has 6 nitrogen and oxygen atoms in total. The number of para-hydroxylation sites is 1. The molecule has 0 radical (unpaired) electrons. The molecule has 1 saturated carbocycles. The van der Waals surface area contributed by atoms with E-state index in [1.165, 1.54) is 11.3 Å². The van der Waals surface area contributed by atoms with E-state index < -0.39 is 35.3 Å². The van der Waals surface area contributed by atoms with Crippen molar-refractivity contribution in [1.29, 1.82) is 0 Å². The highest BCUT2D eigenvalue weighted by molar-refractivity contribution is 6.24. The summed E-state index contributed by atoms with van der Waals surface area (Å²) in [5.74, 6) is -3.21. The Morgan fingerprint density at radius 3 is 2.26 bits per heavy atom. The molecule has 2 heterocycles. The molecule has 0 aromatic heterocycles. The number of nitrogens with one attached hydrogen (secondary N) is 1. The van der Waals surface area contributed by atoms with Gasteiger partial charge in [-0.25, -0.2) is 4.90 Å². The number of aryl methyl sites for hydroxylation is 2. The topological polar surface area (TPSA) is 86.7 Å². The number of anilines is 1. The average Bonchev–Trinajstić information content (AvgIpc) is 3.30. The lowest BCUT2D eigenvalue weighted by atomic mass is 9.72. The van der Waals surface area contributed by atoms with E-state index in [1.54, 1.807) is 12.1 Å². The van der Waals surface area contributed by atoms with Gasteiger partial charge in [0.1, 0.15) is 5.54 Å². The van der Waals surface area contributed by atoms with E-state index in [2.05, 4.69) is 5.32 Å². The summed E-state index contributed by atoms with van der Waals surface area (Å²) in [5, 5.41) is 14.0. The van der Waals surface area contributed by atoms with Crippen LogP contribution in [0.5, 0.6) is 0 Å². The van der Waals surface area contributed by atoms with E-state index in [0.29, 0.717) is 12.1 Å². The molecule has 6 heteroatoms. The van der Waals surface area contributed by atoms with Crippen molar-refractivity contribution >= 4 is 23.5 Å². The summed E-state index contributed by atoms with van der Waals surface area (Å²) >= 11 is 0. The van der Waals surface area contributed by atoms with Crippen LogP contribution in [0.1, 0.15) is 61.3 Å². The lowest BCUT2D eigenvalue weighted by Gasteiger charge is -2.35. The third-order valence-corrected chi connectivity index (χ3v) is 8.25. The highest BCUT2D eigenvalue weighted by Crippen LogP contribution is 2.53. The zero-order chi connectivity index (χ0) is 24.0. The molecule has 4 unspecified atom stereocenters. The monoisotopic (exact) mass is 460 g/mol. The molecule has 0 spiro atoms. The van der Waals surface area contributed by atoms with E-state index in [4.69, 9.17) is 0 Å². The van der Waals surface area contributed by atoms with Crippen LogP contribution >= 0.6 is 0 Å². The van der Waals surface area contributed by atoms with Gasteiger partial charge in [-0.05, 0) is 48.9 Å². The number of amides is 2. The van der Waals surface area contributed by atoms with Crippen LogP contribution in [-0.2, 0) is 14.4 Å². The summed E-state index contributed by atoms with van der Waals surface area (Å²) in [6.45, 7) is 3.84. The molecule has 178 valence electrons. The molecule has 3 fully saturated rings. The van der Waals surface area contributed by atoms with Gasteiger partial charge in [-0.15, -0.1) is 0 Å². The molecule has 5 rings (SSSR count). The van der Waals surface area contributed by atoms with Crippen molar-refractivity contribution in [1.82, 2.24) is 5.32 Å². The number of carboxylic acids is 1. The van der Waals surface area contributed by atoms with Gasteiger partial charge in [0.25, 0.3) is 0 Å². The van der Waals surface area contributed by atoms with Crippen LogP contribution in [0.2, 0.25) is 0 Å². The van der Waals surface area contributed by atoms with E-state index in [1.807, 2.05) is 50.2 Å². The second-order valence-electron chi connectivity index (χ2n) is 10.3. The van der Waals surface area contributed by atoms with Gasteiger partial charge >= 0.3 is 5.97 Å². The molecule has 2 amide bonds. The van der Waals surface area contributed by atoms with Gasteiger partial charge in [-0.1, -0.05) is 74.6 Å². The Morgan fingerprint density at radius 2 is 1.62 bits per heavy atom. The highest BCUT2D eigenvalue weighted by Gasteiger charge is 2.69. The summed E-state index contributed by atoms with van der Waals surface area (Å²) in [6.07, 6.45) is 5.63. The van der Waals surface area contributed by atoms with Crippen LogP contribution in [0.4, 0.5) is 5.69 Å². The van der Waals surface area contributed by atoms with Crippen LogP contribution in [0.25, 0.3) is 0 Å². The van der Waals surface area contributed by atoms with Crippen molar-refractivity contribution in [3.8, 4) is 0 Å². The normalized spacial score (nSPS) is 29.5. The average molecular weight is 461 g/mol. The van der Waals surface area contributed by atoms with Crippen molar-refractivity contribution in [2.24, 2.45) is 17.8 Å². The highest BCUT2D eigenvalue weighted by atomic mass is 16.4. The zero-order valence-electron chi connectivity index (χ0n) is 19.8. The number of imide groups is 1. The molecule has 4 atom stereocenters. The fraction of sp³-hybridized carbons (Fsp3) is 0.464. The van der Waals surface area contributed by atoms with Gasteiger partial charge in [0.2, 0.25) is 11.8 Å². The molecule has 2 saturated heterocycles. The molecule has 2 aromatic carbocycles. The number of rotatable bonds is 5. The van der Waals surface area contributed by atoms with Gasteiger partial charge in [0.15, 0.2) is 0 Å². The minimum Gasteiger partial charge on any atom is -0.480 e. The number of carbonyl (C=O) groups is 3. The van der Waals surface area contributed by atoms with Gasteiger partial charge in [-0.2, -0.15) is 0 Å². The molecule has 3 aliphatic rings. The van der Waals surface area contributed by atoms with Crippen molar-refractivity contribution in [3.05, 3.63) is 65.2 Å². The Hall–Kier alpha value is -2.99. The first kappa shape index (κ1) is 22.8. The smallest absolute Gasteiger partial charge is 0.324 e. The third kappa shape index (κ3) is 3.47. The van der Waals surface area contributed by atoms with Gasteiger partial charge < -0.3 is 5.11 Å². The number of fused-ring (bicyclic) bond motifs is 1. The fourth-order valence-corrected chi connectivity index (χ4v) is 6.58. The van der Waals surface area contributed by atoms with Crippen LogP contribution in [0.15, 0.2) is 48.5 Å². The van der Waals surface area contributed by atoms with E-state index in [9.17, 15) is 19.5 Å². The predicted molar refractivity (Wildman–Crippen MR) is 129 cm³/mol. The Bertz CT molecular complexity index is 1140. The number of aliphatic carboxylic acids is 1. The van der Waals surface area contributed by atoms with Gasteiger partial charge in [0, 0.05) is 6.04 Å². The number of hydrogen-bond donors (Lipinski definition) is 2. The molecule has 2 N–H and O–H groups in total. The van der Waals surface area contributed by atoms with E-state index >= 15 is 0 Å². The number of benzene rings is 2. The van der Waals surface area contributed by atoms with Gasteiger partial charge in [-0.3, -0.25) is 19.7 Å².